The summed E-state index contributed by atoms with van der Waals surface area (Å²) < 4.78 is 6.50. The summed E-state index contributed by atoms with van der Waals surface area (Å²) in [5.74, 6) is 0.950. The molecule has 2 aliphatic heterocycles. The van der Waals surface area contributed by atoms with Crippen molar-refractivity contribution >= 4 is 5.71 Å². The molecule has 6 rings (SSSR count). The minimum atomic E-state index is -0.248. The molecule has 0 spiro atoms. The van der Waals surface area contributed by atoms with Crippen molar-refractivity contribution in [2.75, 3.05) is 0 Å². The molecular formula is C29H24N2O. The van der Waals surface area contributed by atoms with E-state index in [2.05, 4.69) is 103 Å². The molecule has 0 N–H and O–H groups in total. The number of benzene rings is 4. The van der Waals surface area contributed by atoms with E-state index in [1.807, 2.05) is 12.1 Å². The van der Waals surface area contributed by atoms with Gasteiger partial charge in [-0.05, 0) is 29.7 Å². The minimum absolute atomic E-state index is 0.176. The largest absolute Gasteiger partial charge is 0.464 e. The molecule has 4 aromatic rings. The highest BCUT2D eigenvalue weighted by atomic mass is 16.5. The summed E-state index contributed by atoms with van der Waals surface area (Å²) in [7, 11) is 0. The lowest BCUT2D eigenvalue weighted by Crippen LogP contribution is -2.33. The van der Waals surface area contributed by atoms with Crippen LogP contribution >= 0.6 is 0 Å². The summed E-state index contributed by atoms with van der Waals surface area (Å²) in [6.45, 7) is 2.11. The Morgan fingerprint density at radius 1 is 0.719 bits per heavy atom. The lowest BCUT2D eigenvalue weighted by atomic mass is 9.95. The highest BCUT2D eigenvalue weighted by Crippen LogP contribution is 2.47. The summed E-state index contributed by atoms with van der Waals surface area (Å²) in [6.07, 6.45) is 0.629. The Labute approximate surface area is 188 Å². The molecule has 2 aliphatic rings. The van der Waals surface area contributed by atoms with Crippen LogP contribution in [-0.2, 0) is 0 Å². The van der Waals surface area contributed by atoms with Crippen LogP contribution in [0.25, 0.3) is 11.1 Å². The first kappa shape index (κ1) is 18.9. The molecule has 0 aromatic heterocycles. The SMILES string of the molecule is Cc1ccc(C2=NN3[C@H](C2)c2ccccc2O[C@@H]3c2ccc(-c3ccccc3)cc2)cc1. The fourth-order valence-electron chi connectivity index (χ4n) is 4.65. The summed E-state index contributed by atoms with van der Waals surface area (Å²) in [6, 6.07) is 36.3. The van der Waals surface area contributed by atoms with Gasteiger partial charge in [-0.2, -0.15) is 5.10 Å². The van der Waals surface area contributed by atoms with Crippen LogP contribution in [0, 0.1) is 6.92 Å². The molecule has 0 amide bonds. The molecule has 4 aromatic carbocycles. The monoisotopic (exact) mass is 416 g/mol. The fourth-order valence-corrected chi connectivity index (χ4v) is 4.65. The van der Waals surface area contributed by atoms with E-state index in [1.54, 1.807) is 0 Å². The van der Waals surface area contributed by atoms with Crippen molar-refractivity contribution in [2.45, 2.75) is 25.6 Å². The van der Waals surface area contributed by atoms with E-state index in [9.17, 15) is 0 Å². The van der Waals surface area contributed by atoms with Crippen molar-refractivity contribution < 1.29 is 4.74 Å². The normalized spacial score (nSPS) is 19.0. The maximum atomic E-state index is 6.50. The molecule has 0 saturated heterocycles. The number of fused-ring (bicyclic) bond motifs is 3. The molecule has 0 saturated carbocycles. The predicted octanol–water partition coefficient (Wildman–Crippen LogP) is 6.90. The van der Waals surface area contributed by atoms with Crippen LogP contribution in [0.5, 0.6) is 5.75 Å². The zero-order chi connectivity index (χ0) is 21.5. The number of hydrazone groups is 1. The third kappa shape index (κ3) is 3.27. The topological polar surface area (TPSA) is 24.8 Å². The number of nitrogens with zero attached hydrogens (tertiary/aromatic N) is 2. The number of aryl methyl sites for hydroxylation is 1. The van der Waals surface area contributed by atoms with Gasteiger partial charge in [0, 0.05) is 17.5 Å². The molecular weight excluding hydrogens is 392 g/mol. The zero-order valence-corrected chi connectivity index (χ0v) is 18.0. The minimum Gasteiger partial charge on any atom is -0.464 e. The van der Waals surface area contributed by atoms with E-state index in [0.717, 1.165) is 23.4 Å². The van der Waals surface area contributed by atoms with Gasteiger partial charge in [0.15, 0.2) is 0 Å². The number of hydrogen-bond donors (Lipinski definition) is 0. The second kappa shape index (κ2) is 7.69. The second-order valence-electron chi connectivity index (χ2n) is 8.51. The summed E-state index contributed by atoms with van der Waals surface area (Å²) in [5, 5.41) is 7.22. The average Bonchev–Trinajstić information content (AvgIpc) is 3.30. The third-order valence-electron chi connectivity index (χ3n) is 6.39. The first-order chi connectivity index (χ1) is 15.8. The van der Waals surface area contributed by atoms with Crippen LogP contribution in [0.1, 0.15) is 40.9 Å². The smallest absolute Gasteiger partial charge is 0.213 e. The lowest BCUT2D eigenvalue weighted by Gasteiger charge is -2.38. The number of ether oxygens (including phenoxy) is 1. The van der Waals surface area contributed by atoms with Gasteiger partial charge in [-0.25, -0.2) is 5.01 Å². The first-order valence-corrected chi connectivity index (χ1v) is 11.1. The Morgan fingerprint density at radius 3 is 2.16 bits per heavy atom. The summed E-state index contributed by atoms with van der Waals surface area (Å²) in [5.41, 5.74) is 8.28. The van der Waals surface area contributed by atoms with Gasteiger partial charge in [0.25, 0.3) is 0 Å². The third-order valence-corrected chi connectivity index (χ3v) is 6.39. The van der Waals surface area contributed by atoms with Gasteiger partial charge in [0.2, 0.25) is 6.23 Å². The first-order valence-electron chi connectivity index (χ1n) is 11.1. The maximum absolute atomic E-state index is 6.50. The second-order valence-corrected chi connectivity index (χ2v) is 8.51. The number of hydrogen-bond acceptors (Lipinski definition) is 3. The maximum Gasteiger partial charge on any atom is 0.213 e. The van der Waals surface area contributed by atoms with Crippen LogP contribution in [0.4, 0.5) is 0 Å². The molecule has 0 unspecified atom stereocenters. The fraction of sp³-hybridized carbons (Fsp3) is 0.138. The van der Waals surface area contributed by atoms with Crippen molar-refractivity contribution in [1.82, 2.24) is 5.01 Å². The van der Waals surface area contributed by atoms with E-state index in [0.29, 0.717) is 0 Å². The van der Waals surface area contributed by atoms with Gasteiger partial charge < -0.3 is 4.74 Å². The van der Waals surface area contributed by atoms with E-state index in [-0.39, 0.29) is 12.3 Å². The van der Waals surface area contributed by atoms with E-state index in [4.69, 9.17) is 9.84 Å². The highest BCUT2D eigenvalue weighted by molar-refractivity contribution is 6.02. The average molecular weight is 417 g/mol. The molecule has 3 nitrogen and oxygen atoms in total. The summed E-state index contributed by atoms with van der Waals surface area (Å²) in [4.78, 5) is 0. The Kier molecular flexibility index (Phi) is 4.53. The molecule has 0 radical (unpaired) electrons. The predicted molar refractivity (Wildman–Crippen MR) is 129 cm³/mol. The summed E-state index contributed by atoms with van der Waals surface area (Å²) >= 11 is 0. The quantitative estimate of drug-likeness (QED) is 0.363. The van der Waals surface area contributed by atoms with Crippen LogP contribution in [0.15, 0.2) is 108 Å². The van der Waals surface area contributed by atoms with E-state index < -0.39 is 0 Å². The van der Waals surface area contributed by atoms with Gasteiger partial charge in [-0.15, -0.1) is 0 Å². The van der Waals surface area contributed by atoms with Crippen LogP contribution in [0.2, 0.25) is 0 Å². The van der Waals surface area contributed by atoms with Gasteiger partial charge in [0.1, 0.15) is 5.75 Å². The lowest BCUT2D eigenvalue weighted by molar-refractivity contribution is -0.0190. The van der Waals surface area contributed by atoms with E-state index in [1.165, 1.54) is 27.8 Å². The Bertz CT molecular complexity index is 1280. The Morgan fingerprint density at radius 2 is 1.38 bits per heavy atom. The van der Waals surface area contributed by atoms with Crippen molar-refractivity contribution in [2.24, 2.45) is 5.10 Å². The Balaban J connectivity index is 1.38. The van der Waals surface area contributed by atoms with Crippen molar-refractivity contribution in [3.05, 3.63) is 125 Å². The number of rotatable bonds is 3. The highest BCUT2D eigenvalue weighted by Gasteiger charge is 2.40. The van der Waals surface area contributed by atoms with Crippen molar-refractivity contribution in [3.8, 4) is 16.9 Å². The molecule has 3 heteroatoms. The standard InChI is InChI=1S/C29H24N2O/c1-20-11-13-23(14-12-20)26-19-27-25-9-5-6-10-28(25)32-29(31(27)30-26)24-17-15-22(16-18-24)21-7-3-2-4-8-21/h2-18,27,29H,19H2,1H3/t27-,29-/m1/s1. The molecule has 2 heterocycles. The van der Waals surface area contributed by atoms with Gasteiger partial charge in [0.05, 0.1) is 11.8 Å². The molecule has 0 aliphatic carbocycles. The van der Waals surface area contributed by atoms with E-state index >= 15 is 0 Å². The van der Waals surface area contributed by atoms with Gasteiger partial charge in [-0.3, -0.25) is 0 Å². The van der Waals surface area contributed by atoms with Gasteiger partial charge in [-0.1, -0.05) is 103 Å². The molecule has 0 fully saturated rings. The van der Waals surface area contributed by atoms with Crippen molar-refractivity contribution in [1.29, 1.82) is 0 Å². The van der Waals surface area contributed by atoms with Gasteiger partial charge >= 0.3 is 0 Å². The van der Waals surface area contributed by atoms with Crippen LogP contribution < -0.4 is 4.74 Å². The Hall–Kier alpha value is -3.85. The molecule has 32 heavy (non-hydrogen) atoms. The molecule has 2 atom stereocenters. The number of para-hydroxylation sites is 1. The van der Waals surface area contributed by atoms with Crippen LogP contribution in [0.3, 0.4) is 0 Å². The van der Waals surface area contributed by atoms with Crippen molar-refractivity contribution in [3.63, 3.8) is 0 Å². The molecule has 0 bridgehead atoms. The molecule has 156 valence electrons. The zero-order valence-electron chi connectivity index (χ0n) is 18.0. The van der Waals surface area contributed by atoms with Crippen LogP contribution in [-0.4, -0.2) is 10.7 Å².